The van der Waals surface area contributed by atoms with Gasteiger partial charge in [-0.3, -0.25) is 9.13 Å². The van der Waals surface area contributed by atoms with Gasteiger partial charge < -0.3 is 24.9 Å². The van der Waals surface area contributed by atoms with Gasteiger partial charge in [-0.2, -0.15) is 0 Å². The lowest BCUT2D eigenvalue weighted by molar-refractivity contribution is 0.333. The monoisotopic (exact) mass is 313 g/mol. The van der Waals surface area contributed by atoms with Gasteiger partial charge in [0.15, 0.2) is 0 Å². The van der Waals surface area contributed by atoms with Crippen LogP contribution in [0, 0.1) is 0 Å². The molecule has 7 nitrogen and oxygen atoms in total. The van der Waals surface area contributed by atoms with Crippen molar-refractivity contribution in [3.8, 4) is 0 Å². The van der Waals surface area contributed by atoms with Crippen molar-refractivity contribution in [3.63, 3.8) is 0 Å². The van der Waals surface area contributed by atoms with Crippen LogP contribution in [-0.4, -0.2) is 30.0 Å². The highest BCUT2D eigenvalue weighted by atomic mass is 35.5. The average molecular weight is 314 g/mol. The van der Waals surface area contributed by atoms with Gasteiger partial charge in [0.05, 0.1) is 0 Å². The maximum Gasteiger partial charge on any atom is 0.351 e. The summed E-state index contributed by atoms with van der Waals surface area (Å²) >= 11 is 5.75. The van der Waals surface area contributed by atoms with Crippen LogP contribution < -0.4 is 5.32 Å². The van der Waals surface area contributed by atoms with Crippen molar-refractivity contribution in [2.24, 2.45) is 0 Å². The molecule has 0 saturated heterocycles. The third-order valence-electron chi connectivity index (χ3n) is 2.71. The summed E-state index contributed by atoms with van der Waals surface area (Å²) in [5.74, 6) is 0. The highest BCUT2D eigenvalue weighted by Crippen LogP contribution is 2.72. The summed E-state index contributed by atoms with van der Waals surface area (Å²) in [4.78, 5) is 34.4. The van der Waals surface area contributed by atoms with Gasteiger partial charge >= 0.3 is 15.2 Å². The number of alkyl halides is 1. The summed E-state index contributed by atoms with van der Waals surface area (Å²) in [5.41, 5.74) is -0.111. The summed E-state index contributed by atoms with van der Waals surface area (Å²) in [7, 11) is -10.2. The Morgan fingerprint density at radius 3 is 2.22 bits per heavy atom. The van der Waals surface area contributed by atoms with E-state index in [0.29, 0.717) is 5.57 Å². The minimum Gasteiger partial charge on any atom is -0.366 e. The molecule has 10 heteroatoms. The number of hydrogen-bond acceptors (Lipinski definition) is 3. The first-order valence-electron chi connectivity index (χ1n) is 4.73. The molecule has 0 radical (unpaired) electrons. The molecule has 0 fully saturated rings. The normalized spacial score (nSPS) is 26.2. The lowest BCUT2D eigenvalue weighted by Gasteiger charge is -2.26. The van der Waals surface area contributed by atoms with Crippen LogP contribution in [0.5, 0.6) is 0 Å². The Labute approximate surface area is 107 Å². The van der Waals surface area contributed by atoms with Gasteiger partial charge in [-0.05, 0) is 23.8 Å². The van der Waals surface area contributed by atoms with E-state index >= 15 is 0 Å². The Bertz CT molecular complexity index is 548. The molecule has 1 heterocycles. The molecule has 0 amide bonds. The first kappa shape index (κ1) is 14.0. The molecule has 1 aliphatic carbocycles. The fourth-order valence-electron chi connectivity index (χ4n) is 1.80. The number of halogens is 1. The van der Waals surface area contributed by atoms with Gasteiger partial charge in [-0.15, -0.1) is 0 Å². The van der Waals surface area contributed by atoms with Gasteiger partial charge in [-0.1, -0.05) is 17.7 Å². The molecule has 2 aliphatic rings. The van der Waals surface area contributed by atoms with Crippen LogP contribution in [-0.2, 0) is 9.13 Å². The number of rotatable bonds is 2. The van der Waals surface area contributed by atoms with E-state index in [1.807, 2.05) is 0 Å². The summed E-state index contributed by atoms with van der Waals surface area (Å²) in [6.07, 6.45) is 4.69. The predicted molar refractivity (Wildman–Crippen MR) is 64.9 cm³/mol. The molecule has 18 heavy (non-hydrogen) atoms. The second kappa shape index (κ2) is 4.05. The molecule has 1 aliphatic heterocycles. The van der Waals surface area contributed by atoms with Crippen LogP contribution in [0.2, 0.25) is 0 Å². The fraction of sp³-hybridized carbons (Fsp3) is 0.250. The van der Waals surface area contributed by atoms with Crippen molar-refractivity contribution in [2.45, 2.75) is 10.4 Å². The van der Waals surface area contributed by atoms with Crippen LogP contribution in [0.1, 0.15) is 0 Å². The second-order valence-corrected chi connectivity index (χ2v) is 8.41. The zero-order valence-electron chi connectivity index (χ0n) is 8.76. The summed E-state index contributed by atoms with van der Waals surface area (Å²) in [6, 6.07) is 0. The Hall–Kier alpha value is -0.390. The molecule has 0 bridgehead atoms. The van der Waals surface area contributed by atoms with Crippen LogP contribution in [0.25, 0.3) is 0 Å². The molecule has 0 saturated carbocycles. The molecule has 100 valence electrons. The van der Waals surface area contributed by atoms with E-state index in [1.54, 1.807) is 0 Å². The van der Waals surface area contributed by atoms with Crippen LogP contribution in [0.4, 0.5) is 0 Å². The molecular formula is C8H10ClNO6P2. The van der Waals surface area contributed by atoms with Crippen molar-refractivity contribution in [3.05, 3.63) is 35.6 Å². The molecule has 0 aromatic rings. The molecule has 2 rings (SSSR count). The Balaban J connectivity index is 2.64. The lowest BCUT2D eigenvalue weighted by atomic mass is 10.1. The fourth-order valence-corrected chi connectivity index (χ4v) is 4.55. The van der Waals surface area contributed by atoms with Crippen molar-refractivity contribution in [2.75, 3.05) is 0 Å². The number of hydrogen-bond donors (Lipinski definition) is 5. The molecular weight excluding hydrogens is 303 g/mol. The van der Waals surface area contributed by atoms with E-state index in [-0.39, 0.29) is 5.70 Å². The maximum absolute atomic E-state index is 11.5. The van der Waals surface area contributed by atoms with Gasteiger partial charge in [-0.25, -0.2) is 0 Å². The summed E-state index contributed by atoms with van der Waals surface area (Å²) in [6.45, 7) is 0. The molecule has 0 aromatic carbocycles. The van der Waals surface area contributed by atoms with Gasteiger partial charge in [0.2, 0.25) is 4.90 Å². The average Bonchev–Trinajstić information content (AvgIpc) is 2.55. The molecule has 0 spiro atoms. The predicted octanol–water partition coefficient (Wildman–Crippen LogP) is 0.586. The zero-order chi connectivity index (χ0) is 13.8. The minimum absolute atomic E-state index is 0.198. The highest BCUT2D eigenvalue weighted by molar-refractivity contribution is 7.73. The van der Waals surface area contributed by atoms with E-state index in [4.69, 9.17) is 11.6 Å². The van der Waals surface area contributed by atoms with Crippen LogP contribution >= 0.6 is 26.8 Å². The lowest BCUT2D eigenvalue weighted by Crippen LogP contribution is -2.25. The summed E-state index contributed by atoms with van der Waals surface area (Å²) in [5, 5.41) is 2.66. The van der Waals surface area contributed by atoms with Crippen molar-refractivity contribution in [1.29, 1.82) is 0 Å². The molecule has 1 atom stereocenters. The van der Waals surface area contributed by atoms with E-state index < -0.39 is 25.6 Å². The third-order valence-corrected chi connectivity index (χ3v) is 6.91. The Kier molecular flexibility index (Phi) is 3.16. The SMILES string of the molecule is O=P(O)(O)C1(P(=O)(O)O)C=C2C=CC(Cl)NC2=C1. The molecule has 0 aromatic heterocycles. The second-order valence-electron chi connectivity index (χ2n) is 3.93. The van der Waals surface area contributed by atoms with E-state index in [0.717, 1.165) is 12.2 Å². The van der Waals surface area contributed by atoms with Gasteiger partial charge in [0.25, 0.3) is 0 Å². The molecule has 5 N–H and O–H groups in total. The Morgan fingerprint density at radius 1 is 1.17 bits per heavy atom. The van der Waals surface area contributed by atoms with Gasteiger partial charge in [0, 0.05) is 5.70 Å². The smallest absolute Gasteiger partial charge is 0.351 e. The van der Waals surface area contributed by atoms with E-state index in [9.17, 15) is 28.7 Å². The van der Waals surface area contributed by atoms with Crippen molar-refractivity contribution >= 4 is 26.8 Å². The van der Waals surface area contributed by atoms with Crippen molar-refractivity contribution in [1.82, 2.24) is 5.32 Å². The highest BCUT2D eigenvalue weighted by Gasteiger charge is 2.59. The van der Waals surface area contributed by atoms with Crippen LogP contribution in [0.15, 0.2) is 35.6 Å². The largest absolute Gasteiger partial charge is 0.366 e. The number of fused-ring (bicyclic) bond motifs is 1. The van der Waals surface area contributed by atoms with Crippen molar-refractivity contribution < 1.29 is 28.7 Å². The Morgan fingerprint density at radius 2 is 1.72 bits per heavy atom. The first-order valence-corrected chi connectivity index (χ1v) is 8.39. The first-order chi connectivity index (χ1) is 8.07. The number of allylic oxidation sites excluding steroid dienone is 3. The quantitative estimate of drug-likeness (QED) is 0.287. The maximum atomic E-state index is 11.5. The topological polar surface area (TPSA) is 127 Å². The van der Waals surface area contributed by atoms with Crippen LogP contribution in [0.3, 0.4) is 0 Å². The minimum atomic E-state index is -5.09. The number of nitrogens with one attached hydrogen (secondary N) is 1. The molecule has 1 unspecified atom stereocenters. The third kappa shape index (κ3) is 2.02. The van der Waals surface area contributed by atoms with E-state index in [2.05, 4.69) is 5.32 Å². The zero-order valence-corrected chi connectivity index (χ0v) is 11.3. The van der Waals surface area contributed by atoms with E-state index in [1.165, 1.54) is 12.2 Å². The van der Waals surface area contributed by atoms with Gasteiger partial charge in [0.1, 0.15) is 5.50 Å². The standard InChI is InChI=1S/C8H10ClNO6P2/c9-7-2-1-5-3-8(17(11,12)13,18(14,15)16)4-6(5)10-7/h1-4,7,10H,(H2,11,12,13)(H2,14,15,16). The summed E-state index contributed by atoms with van der Waals surface area (Å²) < 4.78 is 22.9.